The number of hydrogen-bond acceptors (Lipinski definition) is 6. The number of ether oxygens (including phenoxy) is 1. The maximum atomic E-state index is 10.9. The van der Waals surface area contributed by atoms with Gasteiger partial charge in [-0.25, -0.2) is 0 Å². The Morgan fingerprint density at radius 3 is 2.32 bits per heavy atom. The molecule has 0 saturated carbocycles. The van der Waals surface area contributed by atoms with Crippen molar-refractivity contribution in [1.29, 1.82) is 0 Å². The van der Waals surface area contributed by atoms with E-state index >= 15 is 0 Å². The normalized spacial score (nSPS) is 11.8. The molecule has 0 amide bonds. The van der Waals surface area contributed by atoms with E-state index < -0.39 is 10.1 Å². The Bertz CT molecular complexity index is 815. The average Bonchev–Trinajstić information content (AvgIpc) is 2.46. The van der Waals surface area contributed by atoms with Crippen LogP contribution in [0.3, 0.4) is 0 Å². The molecule has 2 aromatic carbocycles. The lowest BCUT2D eigenvalue weighted by Crippen LogP contribution is -1.96. The molecule has 2 aromatic rings. The Kier molecular flexibility index (Phi) is 4.43. The van der Waals surface area contributed by atoms with Crippen molar-refractivity contribution in [2.45, 2.75) is 11.8 Å². The van der Waals surface area contributed by atoms with Gasteiger partial charge in [-0.3, -0.25) is 4.55 Å². The third-order valence-corrected chi connectivity index (χ3v) is 3.82. The smallest absolute Gasteiger partial charge is 0.294 e. The van der Waals surface area contributed by atoms with Crippen LogP contribution in [0, 0.1) is 6.92 Å². The second-order valence-corrected chi connectivity index (χ2v) is 5.97. The predicted octanol–water partition coefficient (Wildman–Crippen LogP) is 3.25. The lowest BCUT2D eigenvalue weighted by Gasteiger charge is -2.07. The van der Waals surface area contributed by atoms with Crippen molar-refractivity contribution in [3.05, 3.63) is 42.0 Å². The lowest BCUT2D eigenvalue weighted by molar-refractivity contribution is 0.417. The van der Waals surface area contributed by atoms with Gasteiger partial charge in [0.15, 0.2) is 0 Å². The van der Waals surface area contributed by atoms with Crippen LogP contribution in [0.4, 0.5) is 17.1 Å². The number of azo groups is 1. The highest BCUT2D eigenvalue weighted by molar-refractivity contribution is 7.85. The molecule has 3 N–H and O–H groups in total. The monoisotopic (exact) mass is 321 g/mol. The number of nitrogens with two attached hydrogens (primary N) is 1. The molecule has 0 aliphatic carbocycles. The van der Waals surface area contributed by atoms with Gasteiger partial charge in [0.05, 0.1) is 29.1 Å². The number of anilines is 1. The molecule has 0 aliphatic rings. The van der Waals surface area contributed by atoms with Crippen molar-refractivity contribution >= 4 is 27.2 Å². The van der Waals surface area contributed by atoms with Gasteiger partial charge in [0.2, 0.25) is 0 Å². The zero-order valence-corrected chi connectivity index (χ0v) is 12.8. The van der Waals surface area contributed by atoms with Crippen molar-refractivity contribution in [3.8, 4) is 5.75 Å². The quantitative estimate of drug-likeness (QED) is 0.509. The zero-order chi connectivity index (χ0) is 16.3. The predicted molar refractivity (Wildman–Crippen MR) is 82.6 cm³/mol. The van der Waals surface area contributed by atoms with E-state index in [1.54, 1.807) is 12.1 Å². The molecule has 0 bridgehead atoms. The Balaban J connectivity index is 2.29. The minimum atomic E-state index is -4.21. The van der Waals surface area contributed by atoms with Crippen molar-refractivity contribution in [2.75, 3.05) is 12.8 Å². The maximum absolute atomic E-state index is 10.9. The molecule has 0 atom stereocenters. The van der Waals surface area contributed by atoms with Gasteiger partial charge < -0.3 is 10.5 Å². The molecule has 8 heteroatoms. The largest absolute Gasteiger partial charge is 0.495 e. The van der Waals surface area contributed by atoms with Gasteiger partial charge in [-0.05, 0) is 42.8 Å². The van der Waals surface area contributed by atoms with Crippen molar-refractivity contribution in [1.82, 2.24) is 0 Å². The number of methoxy groups -OCH3 is 1. The molecular formula is C14H15N3O4S. The summed E-state index contributed by atoms with van der Waals surface area (Å²) < 4.78 is 35.9. The van der Waals surface area contributed by atoms with Crippen LogP contribution in [0.15, 0.2) is 51.5 Å². The Labute approximate surface area is 128 Å². The first-order valence-corrected chi connectivity index (χ1v) is 7.68. The van der Waals surface area contributed by atoms with Crippen molar-refractivity contribution < 1.29 is 17.7 Å². The molecule has 116 valence electrons. The van der Waals surface area contributed by atoms with Gasteiger partial charge >= 0.3 is 0 Å². The molecule has 0 aromatic heterocycles. The Morgan fingerprint density at radius 1 is 1.14 bits per heavy atom. The summed E-state index contributed by atoms with van der Waals surface area (Å²) in [6, 6.07) is 8.78. The fourth-order valence-electron chi connectivity index (χ4n) is 1.78. The number of aryl methyl sites for hydroxylation is 1. The van der Waals surface area contributed by atoms with Crippen molar-refractivity contribution in [2.24, 2.45) is 10.2 Å². The first kappa shape index (κ1) is 15.9. The summed E-state index contributed by atoms with van der Waals surface area (Å²) in [4.78, 5) is -0.197. The maximum Gasteiger partial charge on any atom is 0.294 e. The number of benzene rings is 2. The third kappa shape index (κ3) is 3.60. The first-order valence-electron chi connectivity index (χ1n) is 6.24. The molecule has 0 saturated heterocycles. The van der Waals surface area contributed by atoms with Crippen LogP contribution in [0.25, 0.3) is 0 Å². The molecular weight excluding hydrogens is 306 g/mol. The van der Waals surface area contributed by atoms with E-state index in [0.29, 0.717) is 22.8 Å². The zero-order valence-electron chi connectivity index (χ0n) is 12.0. The molecule has 0 heterocycles. The van der Waals surface area contributed by atoms with E-state index in [4.69, 9.17) is 15.0 Å². The van der Waals surface area contributed by atoms with Crippen LogP contribution < -0.4 is 10.5 Å². The Morgan fingerprint density at radius 2 is 1.77 bits per heavy atom. The van der Waals surface area contributed by atoms with Crippen LogP contribution >= 0.6 is 0 Å². The fourth-order valence-corrected chi connectivity index (χ4v) is 2.26. The minimum absolute atomic E-state index is 0.197. The number of rotatable bonds is 4. The fraction of sp³-hybridized carbons (Fsp3) is 0.143. The van der Waals surface area contributed by atoms with E-state index in [9.17, 15) is 8.42 Å². The molecule has 0 spiro atoms. The first-order chi connectivity index (χ1) is 10.3. The van der Waals surface area contributed by atoms with Gasteiger partial charge in [-0.2, -0.15) is 18.6 Å². The summed E-state index contributed by atoms with van der Waals surface area (Å²) in [6.07, 6.45) is 0. The molecule has 22 heavy (non-hydrogen) atoms. The Hall–Kier alpha value is -2.45. The highest BCUT2D eigenvalue weighted by atomic mass is 32.2. The summed E-state index contributed by atoms with van der Waals surface area (Å²) in [6.45, 7) is 1.84. The van der Waals surface area contributed by atoms with E-state index in [-0.39, 0.29) is 4.90 Å². The van der Waals surface area contributed by atoms with Gasteiger partial charge in [0.25, 0.3) is 10.1 Å². The van der Waals surface area contributed by atoms with Crippen LogP contribution in [-0.4, -0.2) is 20.1 Å². The number of nitrogens with zero attached hydrogens (tertiary/aromatic N) is 2. The molecule has 0 unspecified atom stereocenters. The topological polar surface area (TPSA) is 114 Å². The van der Waals surface area contributed by atoms with Crippen LogP contribution in [0.2, 0.25) is 0 Å². The van der Waals surface area contributed by atoms with E-state index in [1.165, 1.54) is 31.4 Å². The summed E-state index contributed by atoms with van der Waals surface area (Å²) >= 11 is 0. The van der Waals surface area contributed by atoms with E-state index in [2.05, 4.69) is 10.2 Å². The van der Waals surface area contributed by atoms with Crippen LogP contribution in [0.1, 0.15) is 5.56 Å². The standard InChI is InChI=1S/C14H15N3O4S/c1-9-7-12(15)14(21-2)8-13(9)17-16-10-3-5-11(6-4-10)22(18,19)20/h3-8H,15H2,1-2H3,(H,18,19,20)/b17-16+. The van der Waals surface area contributed by atoms with Gasteiger partial charge in [0.1, 0.15) is 5.75 Å². The van der Waals surface area contributed by atoms with E-state index in [0.717, 1.165) is 5.56 Å². The number of hydrogen-bond donors (Lipinski definition) is 2. The van der Waals surface area contributed by atoms with Gasteiger partial charge in [0, 0.05) is 6.07 Å². The second kappa shape index (κ2) is 6.12. The molecule has 7 nitrogen and oxygen atoms in total. The van der Waals surface area contributed by atoms with Crippen LogP contribution in [-0.2, 0) is 10.1 Å². The van der Waals surface area contributed by atoms with Gasteiger partial charge in [-0.15, -0.1) is 0 Å². The highest BCUT2D eigenvalue weighted by Gasteiger charge is 2.08. The van der Waals surface area contributed by atoms with Gasteiger partial charge in [-0.1, -0.05) is 0 Å². The highest BCUT2D eigenvalue weighted by Crippen LogP contribution is 2.31. The lowest BCUT2D eigenvalue weighted by atomic mass is 10.1. The summed E-state index contributed by atoms with van der Waals surface area (Å²) in [5.74, 6) is 0.501. The minimum Gasteiger partial charge on any atom is -0.495 e. The summed E-state index contributed by atoms with van der Waals surface area (Å²) in [5.41, 5.74) is 8.16. The molecule has 0 aliphatic heterocycles. The third-order valence-electron chi connectivity index (χ3n) is 2.96. The SMILES string of the molecule is COc1cc(/N=N/c2ccc(S(=O)(=O)O)cc2)c(C)cc1N. The summed E-state index contributed by atoms with van der Waals surface area (Å²) in [5, 5.41) is 8.11. The summed E-state index contributed by atoms with van der Waals surface area (Å²) in [7, 11) is -2.70. The molecule has 2 rings (SSSR count). The number of nitrogen functional groups attached to an aromatic ring is 1. The average molecular weight is 321 g/mol. The molecule has 0 radical (unpaired) electrons. The second-order valence-electron chi connectivity index (χ2n) is 4.55. The molecule has 0 fully saturated rings. The van der Waals surface area contributed by atoms with Crippen LogP contribution in [0.5, 0.6) is 5.75 Å². The van der Waals surface area contributed by atoms with Crippen molar-refractivity contribution in [3.63, 3.8) is 0 Å². The van der Waals surface area contributed by atoms with E-state index in [1.807, 2.05) is 6.92 Å².